The zero-order chi connectivity index (χ0) is 52.4. The van der Waals surface area contributed by atoms with Crippen LogP contribution in [-0.2, 0) is 38.0 Å². The molecule has 2 aliphatic heterocycles. The lowest BCUT2D eigenvalue weighted by molar-refractivity contribution is -0.332. The molecular weight excluding hydrogens is 925 g/mol. The molecule has 7 N–H and O–H groups in total. The molecule has 0 amide bonds. The van der Waals surface area contributed by atoms with Crippen molar-refractivity contribution < 1.29 is 73.8 Å². The van der Waals surface area contributed by atoms with Crippen molar-refractivity contribution in [1.82, 2.24) is 0 Å². The lowest BCUT2D eigenvalue weighted by atomic mass is 9.98. The molecule has 72 heavy (non-hydrogen) atoms. The topological polar surface area (TPSA) is 231 Å². The number of allylic oxidation sites excluding steroid dienone is 6. The molecular formula is C57H102O15. The van der Waals surface area contributed by atoms with Gasteiger partial charge in [0.1, 0.15) is 55.4 Å². The fourth-order valence-electron chi connectivity index (χ4n) is 8.93. The molecule has 0 aromatic rings. The van der Waals surface area contributed by atoms with E-state index in [1.165, 1.54) is 128 Å². The van der Waals surface area contributed by atoms with Gasteiger partial charge in [-0.2, -0.15) is 0 Å². The van der Waals surface area contributed by atoms with Crippen LogP contribution >= 0.6 is 0 Å². The van der Waals surface area contributed by atoms with Gasteiger partial charge in [0.05, 0.1) is 19.8 Å². The maximum atomic E-state index is 13.0. The van der Waals surface area contributed by atoms with Crippen LogP contribution in [0.4, 0.5) is 0 Å². The Labute approximate surface area is 434 Å². The van der Waals surface area contributed by atoms with E-state index < -0.39 is 99.3 Å². The molecule has 15 nitrogen and oxygen atoms in total. The van der Waals surface area contributed by atoms with Crippen LogP contribution in [0.3, 0.4) is 0 Å². The monoisotopic (exact) mass is 1030 g/mol. The average Bonchev–Trinajstić information content (AvgIpc) is 3.37. The number of carbonyl (C=O) groups excluding carboxylic acids is 2. The van der Waals surface area contributed by atoms with Crippen molar-refractivity contribution in [3.05, 3.63) is 36.5 Å². The molecule has 0 aromatic heterocycles. The maximum absolute atomic E-state index is 13.0. The highest BCUT2D eigenvalue weighted by Crippen LogP contribution is 2.27. The summed E-state index contributed by atoms with van der Waals surface area (Å²) in [6, 6.07) is 0. The summed E-state index contributed by atoms with van der Waals surface area (Å²) in [6.45, 7) is 2.55. The first-order valence-electron chi connectivity index (χ1n) is 28.6. The van der Waals surface area contributed by atoms with Crippen molar-refractivity contribution in [2.24, 2.45) is 0 Å². The lowest BCUT2D eigenvalue weighted by Gasteiger charge is -2.42. The molecule has 15 heteroatoms. The van der Waals surface area contributed by atoms with Crippen molar-refractivity contribution in [1.29, 1.82) is 0 Å². The fraction of sp³-hybridized carbons (Fsp3) is 0.860. The molecule has 2 fully saturated rings. The summed E-state index contributed by atoms with van der Waals surface area (Å²) in [6.07, 6.45) is 31.8. The summed E-state index contributed by atoms with van der Waals surface area (Å²) in [7, 11) is 0. The summed E-state index contributed by atoms with van der Waals surface area (Å²) < 4.78 is 33.6. The largest absolute Gasteiger partial charge is 0.462 e. The van der Waals surface area contributed by atoms with Crippen LogP contribution in [0, 0.1) is 0 Å². The standard InChI is InChI=1S/C57H102O15/c1-3-5-7-9-11-13-15-17-19-20-21-22-23-24-26-27-29-31-33-35-37-39-48(59)67-42-45(70-49(60)40-38-36-34-32-30-28-25-18-16-14-12-10-8-6-4-2)43-68-56-55(66)53(64)51(62)47(72-56)44-69-57-54(65)52(63)50(61)46(41-58)71-57/h12,14,18,25,30,32,45-47,50-58,61-66H,3-11,13,15-17,19-24,26-29,31,33-44H2,1-2H3/b14-12+,25-18+,32-30+/t45-,46+,47+,50-,51-,52?,53?,54?,55?,56+,57+/m0/s1. The number of ether oxygens (including phenoxy) is 6. The molecule has 2 rings (SSSR count). The van der Waals surface area contributed by atoms with E-state index in [9.17, 15) is 45.3 Å². The van der Waals surface area contributed by atoms with E-state index in [0.717, 1.165) is 51.4 Å². The maximum Gasteiger partial charge on any atom is 0.306 e. The second-order valence-corrected chi connectivity index (χ2v) is 20.1. The molecule has 2 saturated heterocycles. The second-order valence-electron chi connectivity index (χ2n) is 20.1. The number of esters is 2. The van der Waals surface area contributed by atoms with Crippen LogP contribution in [0.2, 0.25) is 0 Å². The van der Waals surface area contributed by atoms with Gasteiger partial charge in [-0.25, -0.2) is 0 Å². The van der Waals surface area contributed by atoms with E-state index in [0.29, 0.717) is 12.8 Å². The normalized spacial score (nSPS) is 25.2. The lowest BCUT2D eigenvalue weighted by Crippen LogP contribution is -2.61. The Morgan fingerprint density at radius 3 is 1.33 bits per heavy atom. The van der Waals surface area contributed by atoms with Crippen molar-refractivity contribution in [2.75, 3.05) is 26.4 Å². The number of rotatable bonds is 45. The molecule has 0 radical (unpaired) electrons. The van der Waals surface area contributed by atoms with Gasteiger partial charge in [0.25, 0.3) is 0 Å². The van der Waals surface area contributed by atoms with Crippen molar-refractivity contribution in [3.8, 4) is 0 Å². The number of aliphatic hydroxyl groups is 7. The van der Waals surface area contributed by atoms with Crippen LogP contribution < -0.4 is 0 Å². The minimum atomic E-state index is -1.77. The molecule has 4 unspecified atom stereocenters. The van der Waals surface area contributed by atoms with Gasteiger partial charge in [-0.1, -0.05) is 192 Å². The van der Waals surface area contributed by atoms with Gasteiger partial charge in [-0.05, 0) is 51.4 Å². The van der Waals surface area contributed by atoms with Crippen LogP contribution in [0.25, 0.3) is 0 Å². The van der Waals surface area contributed by atoms with Crippen LogP contribution in [-0.4, -0.2) is 142 Å². The molecule has 11 atom stereocenters. The zero-order valence-electron chi connectivity index (χ0n) is 44.7. The summed E-state index contributed by atoms with van der Waals surface area (Å²) in [5.41, 5.74) is 0. The number of unbranched alkanes of at least 4 members (excludes halogenated alkanes) is 25. The molecule has 0 aliphatic carbocycles. The molecule has 420 valence electrons. The quantitative estimate of drug-likeness (QED) is 0.0171. The Bertz CT molecular complexity index is 1390. The van der Waals surface area contributed by atoms with Crippen molar-refractivity contribution in [3.63, 3.8) is 0 Å². The van der Waals surface area contributed by atoms with E-state index >= 15 is 0 Å². The van der Waals surface area contributed by atoms with Crippen LogP contribution in [0.5, 0.6) is 0 Å². The van der Waals surface area contributed by atoms with Gasteiger partial charge < -0.3 is 64.2 Å². The molecule has 0 aromatic carbocycles. The Morgan fingerprint density at radius 1 is 0.444 bits per heavy atom. The first-order valence-corrected chi connectivity index (χ1v) is 28.6. The van der Waals surface area contributed by atoms with Gasteiger partial charge in [-0.3, -0.25) is 9.59 Å². The van der Waals surface area contributed by atoms with Crippen LogP contribution in [0.15, 0.2) is 36.5 Å². The Balaban J connectivity index is 1.76. The predicted molar refractivity (Wildman–Crippen MR) is 280 cm³/mol. The third-order valence-electron chi connectivity index (χ3n) is 13.6. The van der Waals surface area contributed by atoms with E-state index in [4.69, 9.17) is 28.4 Å². The fourth-order valence-corrected chi connectivity index (χ4v) is 8.93. The highest BCUT2D eigenvalue weighted by molar-refractivity contribution is 5.70. The predicted octanol–water partition coefficient (Wildman–Crippen LogP) is 9.27. The molecule has 0 saturated carbocycles. The number of aliphatic hydroxyl groups excluding tert-OH is 7. The number of hydrogen-bond donors (Lipinski definition) is 7. The first kappa shape index (κ1) is 65.8. The van der Waals surface area contributed by atoms with Gasteiger partial charge in [0.2, 0.25) is 0 Å². The van der Waals surface area contributed by atoms with Crippen LogP contribution in [0.1, 0.15) is 219 Å². The van der Waals surface area contributed by atoms with Gasteiger partial charge in [-0.15, -0.1) is 0 Å². The zero-order valence-corrected chi connectivity index (χ0v) is 44.7. The number of hydrogen-bond acceptors (Lipinski definition) is 15. The van der Waals surface area contributed by atoms with Crippen molar-refractivity contribution >= 4 is 11.9 Å². The SMILES string of the molecule is CCCCC/C=C/C/C=C/C/C=C/CCCCC(=O)O[C@@H](COC(=O)CCCCCCCCCCCCCCCCCCCCCCC)CO[C@@H]1O[C@H](CO[C@@H]2O[C@H](CO)[C@H](O)C(O)C2O)[C@H](O)C(O)C1O. The molecule has 2 heterocycles. The van der Waals surface area contributed by atoms with E-state index in [1.54, 1.807) is 0 Å². The summed E-state index contributed by atoms with van der Waals surface area (Å²) in [5.74, 6) is -0.961. The molecule has 0 spiro atoms. The van der Waals surface area contributed by atoms with E-state index in [1.807, 2.05) is 0 Å². The minimum Gasteiger partial charge on any atom is -0.462 e. The third kappa shape index (κ3) is 30.9. The van der Waals surface area contributed by atoms with E-state index in [2.05, 4.69) is 50.3 Å². The second kappa shape index (κ2) is 43.9. The summed E-state index contributed by atoms with van der Waals surface area (Å²) >= 11 is 0. The highest BCUT2D eigenvalue weighted by Gasteiger charge is 2.47. The molecule has 2 aliphatic rings. The Kier molecular flexibility index (Phi) is 40.1. The number of carbonyl (C=O) groups is 2. The Morgan fingerprint density at radius 2 is 0.833 bits per heavy atom. The summed E-state index contributed by atoms with van der Waals surface area (Å²) in [4.78, 5) is 25.8. The Hall–Kier alpha value is -2.28. The third-order valence-corrected chi connectivity index (χ3v) is 13.6. The van der Waals surface area contributed by atoms with E-state index in [-0.39, 0.29) is 19.4 Å². The van der Waals surface area contributed by atoms with Crippen molar-refractivity contribution in [2.45, 2.75) is 287 Å². The highest BCUT2D eigenvalue weighted by atomic mass is 16.7. The molecule has 0 bridgehead atoms. The van der Waals surface area contributed by atoms with Gasteiger partial charge >= 0.3 is 11.9 Å². The van der Waals surface area contributed by atoms with Gasteiger partial charge in [0, 0.05) is 12.8 Å². The minimum absolute atomic E-state index is 0.118. The van der Waals surface area contributed by atoms with Gasteiger partial charge in [0.15, 0.2) is 18.7 Å². The first-order chi connectivity index (χ1) is 35.0. The smallest absolute Gasteiger partial charge is 0.306 e. The average molecular weight is 1030 g/mol. The summed E-state index contributed by atoms with van der Waals surface area (Å²) in [5, 5.41) is 72.2.